The van der Waals surface area contributed by atoms with Crippen LogP contribution in [0, 0.1) is 0 Å². The van der Waals surface area contributed by atoms with Crippen molar-refractivity contribution >= 4 is 18.0 Å². The Hall–Kier alpha value is -2.76. The summed E-state index contributed by atoms with van der Waals surface area (Å²) in [6, 6.07) is 26.9. The topological polar surface area (TPSA) is 42.9 Å². The van der Waals surface area contributed by atoms with Crippen molar-refractivity contribution in [3.63, 3.8) is 0 Å². The van der Waals surface area contributed by atoms with Crippen LogP contribution in [0.4, 0.5) is 0 Å². The average molecular weight is 419 g/mol. The molecule has 154 valence electrons. The summed E-state index contributed by atoms with van der Waals surface area (Å²) in [5.74, 6) is 1.92. The van der Waals surface area contributed by atoms with Gasteiger partial charge in [0.15, 0.2) is 6.61 Å². The lowest BCUT2D eigenvalue weighted by Crippen LogP contribution is -2.14. The summed E-state index contributed by atoms with van der Waals surface area (Å²) in [4.78, 5) is 5.32. The molecule has 1 aliphatic rings. The van der Waals surface area contributed by atoms with E-state index in [1.54, 1.807) is 6.21 Å². The molecule has 0 aliphatic carbocycles. The minimum absolute atomic E-state index is 0.407. The van der Waals surface area contributed by atoms with E-state index in [0.717, 1.165) is 30.2 Å². The molecule has 1 N–H and O–H groups in total. The highest BCUT2D eigenvalue weighted by atomic mass is 32.2. The fourth-order valence-corrected chi connectivity index (χ4v) is 4.33. The van der Waals surface area contributed by atoms with Gasteiger partial charge in [-0.05, 0) is 40.8 Å². The van der Waals surface area contributed by atoms with Gasteiger partial charge in [-0.25, -0.2) is 0 Å². The van der Waals surface area contributed by atoms with E-state index in [1.165, 1.54) is 16.7 Å². The van der Waals surface area contributed by atoms with Gasteiger partial charge < -0.3 is 14.9 Å². The second-order valence-corrected chi connectivity index (χ2v) is 8.43. The molecule has 3 aromatic carbocycles. The number of oxime groups is 1. The van der Waals surface area contributed by atoms with Crippen LogP contribution < -0.4 is 10.1 Å². The van der Waals surface area contributed by atoms with Gasteiger partial charge in [0.25, 0.3) is 0 Å². The fraction of sp³-hybridized carbons (Fsp3) is 0.240. The number of ether oxygens (including phenoxy) is 1. The molecule has 0 saturated carbocycles. The van der Waals surface area contributed by atoms with Crippen molar-refractivity contribution in [3.05, 3.63) is 90.0 Å². The summed E-state index contributed by atoms with van der Waals surface area (Å²) in [5, 5.41) is 8.09. The molecule has 1 aliphatic heterocycles. The quantitative estimate of drug-likeness (QED) is 0.302. The SMILES string of the molecule is C(=NOCCOc1ccc(CC2CNCS2)cc1)c1ccc(-c2ccccc2)cc1. The van der Waals surface area contributed by atoms with E-state index in [-0.39, 0.29) is 0 Å². The van der Waals surface area contributed by atoms with Crippen molar-refractivity contribution < 1.29 is 9.57 Å². The Bertz CT molecular complexity index is 922. The van der Waals surface area contributed by atoms with Gasteiger partial charge in [0.1, 0.15) is 12.4 Å². The fourth-order valence-electron chi connectivity index (χ4n) is 3.31. The van der Waals surface area contributed by atoms with Gasteiger partial charge in [0.2, 0.25) is 0 Å². The first kappa shape index (κ1) is 20.5. The molecule has 4 rings (SSSR count). The van der Waals surface area contributed by atoms with Gasteiger partial charge in [-0.3, -0.25) is 0 Å². The van der Waals surface area contributed by atoms with Gasteiger partial charge in [-0.1, -0.05) is 71.9 Å². The Balaban J connectivity index is 1.16. The van der Waals surface area contributed by atoms with E-state index in [0.29, 0.717) is 18.5 Å². The molecule has 0 spiro atoms. The molecule has 1 fully saturated rings. The summed E-state index contributed by atoms with van der Waals surface area (Å²) < 4.78 is 5.73. The molecular weight excluding hydrogens is 392 g/mol. The van der Waals surface area contributed by atoms with E-state index in [2.05, 4.69) is 46.9 Å². The van der Waals surface area contributed by atoms with Crippen LogP contribution in [0.15, 0.2) is 84.0 Å². The second kappa shape index (κ2) is 10.9. The maximum Gasteiger partial charge on any atom is 0.151 e. The molecule has 30 heavy (non-hydrogen) atoms. The number of benzene rings is 3. The Labute approximate surface area is 182 Å². The van der Waals surface area contributed by atoms with E-state index in [9.17, 15) is 0 Å². The molecule has 3 aromatic rings. The van der Waals surface area contributed by atoms with Crippen molar-refractivity contribution in [2.24, 2.45) is 5.16 Å². The van der Waals surface area contributed by atoms with Gasteiger partial charge in [-0.2, -0.15) is 0 Å². The highest BCUT2D eigenvalue weighted by Crippen LogP contribution is 2.21. The number of nitrogens with one attached hydrogen (secondary N) is 1. The maximum atomic E-state index is 5.73. The minimum atomic E-state index is 0.407. The third kappa shape index (κ3) is 6.12. The van der Waals surface area contributed by atoms with Crippen molar-refractivity contribution in [3.8, 4) is 16.9 Å². The first-order valence-corrected chi connectivity index (χ1v) is 11.3. The Morgan fingerprint density at radius 2 is 1.67 bits per heavy atom. The molecule has 4 nitrogen and oxygen atoms in total. The number of thioether (sulfide) groups is 1. The summed E-state index contributed by atoms with van der Waals surface area (Å²) in [7, 11) is 0. The number of hydrogen-bond acceptors (Lipinski definition) is 5. The average Bonchev–Trinajstić information content (AvgIpc) is 3.31. The largest absolute Gasteiger partial charge is 0.490 e. The van der Waals surface area contributed by atoms with Gasteiger partial charge >= 0.3 is 0 Å². The third-order valence-electron chi connectivity index (χ3n) is 4.92. The summed E-state index contributed by atoms with van der Waals surface area (Å²) in [5.41, 5.74) is 4.74. The van der Waals surface area contributed by atoms with Crippen LogP contribution in [0.1, 0.15) is 11.1 Å². The van der Waals surface area contributed by atoms with Crippen LogP contribution >= 0.6 is 11.8 Å². The normalized spacial score (nSPS) is 16.1. The number of nitrogens with zero attached hydrogens (tertiary/aromatic N) is 1. The zero-order valence-electron chi connectivity index (χ0n) is 16.9. The van der Waals surface area contributed by atoms with Crippen molar-refractivity contribution in [1.29, 1.82) is 0 Å². The number of hydrogen-bond donors (Lipinski definition) is 1. The maximum absolute atomic E-state index is 5.73. The molecule has 1 unspecified atom stereocenters. The molecule has 5 heteroatoms. The van der Waals surface area contributed by atoms with Gasteiger partial charge in [0, 0.05) is 17.7 Å². The van der Waals surface area contributed by atoms with E-state index >= 15 is 0 Å². The monoisotopic (exact) mass is 418 g/mol. The van der Waals surface area contributed by atoms with E-state index in [1.807, 2.05) is 54.2 Å². The van der Waals surface area contributed by atoms with Crippen LogP contribution in [-0.4, -0.2) is 37.1 Å². The summed E-state index contributed by atoms with van der Waals surface area (Å²) in [6.45, 7) is 1.97. The molecule has 0 aromatic heterocycles. The Kier molecular flexibility index (Phi) is 7.42. The molecular formula is C25H26N2O2S. The minimum Gasteiger partial charge on any atom is -0.490 e. The number of rotatable bonds is 9. The lowest BCUT2D eigenvalue weighted by molar-refractivity contribution is 0.108. The van der Waals surface area contributed by atoms with Crippen molar-refractivity contribution in [2.45, 2.75) is 11.7 Å². The summed E-state index contributed by atoms with van der Waals surface area (Å²) in [6.07, 6.45) is 2.82. The van der Waals surface area contributed by atoms with Crippen molar-refractivity contribution in [1.82, 2.24) is 5.32 Å². The summed E-state index contributed by atoms with van der Waals surface area (Å²) >= 11 is 1.99. The second-order valence-electron chi connectivity index (χ2n) is 7.14. The highest BCUT2D eigenvalue weighted by Gasteiger charge is 2.15. The van der Waals surface area contributed by atoms with Crippen molar-refractivity contribution in [2.75, 3.05) is 25.6 Å². The molecule has 0 radical (unpaired) electrons. The zero-order valence-corrected chi connectivity index (χ0v) is 17.7. The third-order valence-corrected chi connectivity index (χ3v) is 6.09. The standard InChI is InChI=1S/C25H26N2O2S/c1-2-4-22(5-3-1)23-10-6-21(7-11-23)17-27-29-15-14-28-24-12-8-20(9-13-24)16-25-18-26-19-30-25/h1-13,17,25-26H,14-16,18-19H2. The highest BCUT2D eigenvalue weighted by molar-refractivity contribution is 8.00. The first-order chi connectivity index (χ1) is 14.9. The predicted molar refractivity (Wildman–Crippen MR) is 125 cm³/mol. The van der Waals surface area contributed by atoms with Crippen LogP contribution in [0.25, 0.3) is 11.1 Å². The molecule has 1 saturated heterocycles. The first-order valence-electron chi connectivity index (χ1n) is 10.2. The Morgan fingerprint density at radius 1 is 0.900 bits per heavy atom. The lowest BCUT2D eigenvalue weighted by Gasteiger charge is -2.09. The smallest absolute Gasteiger partial charge is 0.151 e. The van der Waals surface area contributed by atoms with E-state index in [4.69, 9.17) is 9.57 Å². The van der Waals surface area contributed by atoms with Crippen LogP contribution in [0.2, 0.25) is 0 Å². The predicted octanol–water partition coefficient (Wildman–Crippen LogP) is 4.99. The van der Waals surface area contributed by atoms with Gasteiger partial charge in [-0.15, -0.1) is 11.8 Å². The lowest BCUT2D eigenvalue weighted by atomic mass is 10.0. The Morgan fingerprint density at radius 3 is 2.40 bits per heavy atom. The van der Waals surface area contributed by atoms with Crippen LogP contribution in [0.3, 0.4) is 0 Å². The van der Waals surface area contributed by atoms with Crippen LogP contribution in [-0.2, 0) is 11.3 Å². The molecule has 1 atom stereocenters. The molecule has 0 amide bonds. The van der Waals surface area contributed by atoms with Gasteiger partial charge in [0.05, 0.1) is 6.21 Å². The van der Waals surface area contributed by atoms with E-state index < -0.39 is 0 Å². The molecule has 0 bridgehead atoms. The molecule has 1 heterocycles. The zero-order chi connectivity index (χ0) is 20.4. The van der Waals surface area contributed by atoms with Crippen LogP contribution in [0.5, 0.6) is 5.75 Å².